The van der Waals surface area contributed by atoms with Crippen LogP contribution in [0.25, 0.3) is 0 Å². The number of hydrogen-bond acceptors (Lipinski definition) is 4. The average Bonchev–Trinajstić information content (AvgIpc) is 3.15. The summed E-state index contributed by atoms with van der Waals surface area (Å²) in [6, 6.07) is 7.06. The van der Waals surface area contributed by atoms with Crippen molar-refractivity contribution >= 4 is 11.7 Å². The van der Waals surface area contributed by atoms with Crippen molar-refractivity contribution in [3.8, 4) is 11.5 Å². The van der Waals surface area contributed by atoms with Gasteiger partial charge in [-0.15, -0.1) is 0 Å². The highest BCUT2D eigenvalue weighted by Crippen LogP contribution is 2.49. The fourth-order valence-corrected chi connectivity index (χ4v) is 5.42. The van der Waals surface area contributed by atoms with Gasteiger partial charge in [0, 0.05) is 24.5 Å². The molecular formula is C24H28F3N3O3. The van der Waals surface area contributed by atoms with E-state index in [0.29, 0.717) is 17.4 Å². The third-order valence-electron chi connectivity index (χ3n) is 6.95. The number of rotatable bonds is 5. The number of methoxy groups -OCH3 is 2. The van der Waals surface area contributed by atoms with Crippen LogP contribution in [0, 0.1) is 23.4 Å². The zero-order valence-corrected chi connectivity index (χ0v) is 18.9. The second-order valence-corrected chi connectivity index (χ2v) is 8.91. The molecule has 0 spiro atoms. The van der Waals surface area contributed by atoms with E-state index in [1.54, 1.807) is 14.2 Å². The normalized spacial score (nSPS) is 24.8. The van der Waals surface area contributed by atoms with Crippen molar-refractivity contribution in [2.75, 3.05) is 39.7 Å². The highest BCUT2D eigenvalue weighted by Gasteiger charge is 2.50. The van der Waals surface area contributed by atoms with Gasteiger partial charge in [0.25, 0.3) is 0 Å². The number of benzene rings is 2. The topological polar surface area (TPSA) is 62.8 Å². The summed E-state index contributed by atoms with van der Waals surface area (Å²) >= 11 is 0. The van der Waals surface area contributed by atoms with Crippen LogP contribution < -0.4 is 20.1 Å². The largest absolute Gasteiger partial charge is 0.493 e. The first-order valence-corrected chi connectivity index (χ1v) is 10.9. The Kier molecular flexibility index (Phi) is 6.43. The molecule has 9 heteroatoms. The lowest BCUT2D eigenvalue weighted by Gasteiger charge is -2.42. The molecule has 3 unspecified atom stereocenters. The number of ether oxygens (including phenoxy) is 2. The second-order valence-electron chi connectivity index (χ2n) is 8.91. The zero-order chi connectivity index (χ0) is 23.8. The molecule has 0 bridgehead atoms. The number of carbonyl (C=O) groups excluding carboxylic acids is 1. The molecule has 178 valence electrons. The molecule has 1 heterocycles. The molecule has 0 radical (unpaired) electrons. The molecule has 1 aliphatic heterocycles. The number of halogens is 3. The number of likely N-dealkylation sites (N-methyl/N-ethyl adjacent to an activating group) is 1. The summed E-state index contributed by atoms with van der Waals surface area (Å²) in [7, 11) is 5.31. The van der Waals surface area contributed by atoms with Crippen LogP contribution >= 0.6 is 0 Å². The van der Waals surface area contributed by atoms with Crippen LogP contribution in [0.2, 0.25) is 0 Å². The molecule has 0 aromatic heterocycles. The van der Waals surface area contributed by atoms with Crippen LogP contribution in [0.5, 0.6) is 11.5 Å². The maximum Gasteiger partial charge on any atom is 0.319 e. The van der Waals surface area contributed by atoms with E-state index in [1.807, 2.05) is 12.1 Å². The van der Waals surface area contributed by atoms with Gasteiger partial charge in [-0.1, -0.05) is 6.07 Å². The molecule has 3 atom stereocenters. The summed E-state index contributed by atoms with van der Waals surface area (Å²) in [5.41, 5.74) is 0.707. The summed E-state index contributed by atoms with van der Waals surface area (Å²) in [4.78, 5) is 14.7. The number of nitrogens with zero attached hydrogens (tertiary/aromatic N) is 1. The molecule has 2 aliphatic rings. The fraction of sp³-hybridized carbons (Fsp3) is 0.458. The Hall–Kier alpha value is -2.94. The molecule has 33 heavy (non-hydrogen) atoms. The van der Waals surface area contributed by atoms with Crippen molar-refractivity contribution in [3.63, 3.8) is 0 Å². The van der Waals surface area contributed by atoms with Crippen LogP contribution in [0.4, 0.5) is 23.7 Å². The predicted molar refractivity (Wildman–Crippen MR) is 118 cm³/mol. The smallest absolute Gasteiger partial charge is 0.319 e. The van der Waals surface area contributed by atoms with Crippen molar-refractivity contribution < 1.29 is 27.4 Å². The van der Waals surface area contributed by atoms with E-state index < -0.39 is 29.2 Å². The van der Waals surface area contributed by atoms with Crippen LogP contribution in [0.3, 0.4) is 0 Å². The van der Waals surface area contributed by atoms with Crippen molar-refractivity contribution in [3.05, 3.63) is 53.3 Å². The van der Waals surface area contributed by atoms with Gasteiger partial charge in [-0.25, -0.2) is 18.0 Å². The standard InChI is InChI=1S/C24H28F3N3O3/c1-30-12-15-10-16(28-23(31)29-18-6-5-17(25)21(26)22(18)27)8-9-24(15,13-30)14-4-7-19(32-2)20(11-14)33-3/h4-7,11,15-16H,8-10,12-13H2,1-3H3,(H2,28,29,31). The fourth-order valence-electron chi connectivity index (χ4n) is 5.42. The number of anilines is 1. The molecule has 2 aromatic rings. The van der Waals surface area contributed by atoms with E-state index in [2.05, 4.69) is 28.6 Å². The first-order valence-electron chi connectivity index (χ1n) is 10.9. The number of carbonyl (C=O) groups is 1. The minimum Gasteiger partial charge on any atom is -0.493 e. The molecule has 6 nitrogen and oxygen atoms in total. The number of amides is 2. The van der Waals surface area contributed by atoms with Gasteiger partial charge in [0.05, 0.1) is 19.9 Å². The van der Waals surface area contributed by atoms with Gasteiger partial charge >= 0.3 is 6.03 Å². The highest BCUT2D eigenvalue weighted by molar-refractivity contribution is 5.89. The number of fused-ring (bicyclic) bond motifs is 1. The monoisotopic (exact) mass is 463 g/mol. The maximum absolute atomic E-state index is 13.9. The van der Waals surface area contributed by atoms with Gasteiger partial charge < -0.3 is 25.0 Å². The lowest BCUT2D eigenvalue weighted by atomic mass is 9.63. The quantitative estimate of drug-likeness (QED) is 0.650. The molecular weight excluding hydrogens is 435 g/mol. The number of likely N-dealkylation sites (tertiary alicyclic amines) is 1. The SMILES string of the molecule is COc1ccc(C23CCC(NC(=O)Nc4ccc(F)c(F)c4F)CC2CN(C)C3)cc1OC. The summed E-state index contributed by atoms with van der Waals surface area (Å²) in [6.07, 6.45) is 2.32. The van der Waals surface area contributed by atoms with E-state index in [1.165, 1.54) is 5.56 Å². The predicted octanol–water partition coefficient (Wildman–Crippen LogP) is 4.29. The minimum atomic E-state index is -1.61. The van der Waals surface area contributed by atoms with Crippen LogP contribution in [0.1, 0.15) is 24.8 Å². The van der Waals surface area contributed by atoms with Crippen molar-refractivity contribution in [2.45, 2.75) is 30.7 Å². The van der Waals surface area contributed by atoms with E-state index in [9.17, 15) is 18.0 Å². The third kappa shape index (κ3) is 4.34. The summed E-state index contributed by atoms with van der Waals surface area (Å²) < 4.78 is 51.4. The van der Waals surface area contributed by atoms with Crippen molar-refractivity contribution in [2.24, 2.45) is 5.92 Å². The van der Waals surface area contributed by atoms with Crippen LogP contribution in [-0.2, 0) is 5.41 Å². The highest BCUT2D eigenvalue weighted by atomic mass is 19.2. The molecule has 2 N–H and O–H groups in total. The number of nitrogens with one attached hydrogen (secondary N) is 2. The van der Waals surface area contributed by atoms with Gasteiger partial charge in [-0.3, -0.25) is 0 Å². The summed E-state index contributed by atoms with van der Waals surface area (Å²) in [5, 5.41) is 5.16. The van der Waals surface area contributed by atoms with Crippen LogP contribution in [-0.4, -0.2) is 51.3 Å². The Morgan fingerprint density at radius 1 is 1.09 bits per heavy atom. The van der Waals surface area contributed by atoms with Crippen LogP contribution in [0.15, 0.2) is 30.3 Å². The first kappa shape index (κ1) is 23.2. The Labute approximate surface area is 191 Å². The molecule has 2 fully saturated rings. The van der Waals surface area contributed by atoms with Gasteiger partial charge in [0.1, 0.15) is 0 Å². The van der Waals surface area contributed by atoms with E-state index in [0.717, 1.165) is 44.5 Å². The molecule has 1 aliphatic carbocycles. The number of hydrogen-bond donors (Lipinski definition) is 2. The molecule has 2 aromatic carbocycles. The van der Waals surface area contributed by atoms with Gasteiger partial charge in [0.15, 0.2) is 29.0 Å². The average molecular weight is 464 g/mol. The summed E-state index contributed by atoms with van der Waals surface area (Å²) in [5.74, 6) is -2.68. The van der Waals surface area contributed by atoms with E-state index in [4.69, 9.17) is 9.47 Å². The van der Waals surface area contributed by atoms with Crippen molar-refractivity contribution in [1.82, 2.24) is 10.2 Å². The van der Waals surface area contributed by atoms with E-state index >= 15 is 0 Å². The Balaban J connectivity index is 1.48. The molecule has 1 saturated carbocycles. The summed E-state index contributed by atoms with van der Waals surface area (Å²) in [6.45, 7) is 1.78. The maximum atomic E-state index is 13.9. The Morgan fingerprint density at radius 2 is 1.85 bits per heavy atom. The number of urea groups is 1. The van der Waals surface area contributed by atoms with Crippen molar-refractivity contribution in [1.29, 1.82) is 0 Å². The first-order chi connectivity index (χ1) is 15.8. The second kappa shape index (κ2) is 9.13. The van der Waals surface area contributed by atoms with E-state index in [-0.39, 0.29) is 11.5 Å². The minimum absolute atomic E-state index is 0.0743. The molecule has 1 saturated heterocycles. The Bertz CT molecular complexity index is 1050. The third-order valence-corrected chi connectivity index (χ3v) is 6.95. The Morgan fingerprint density at radius 3 is 2.58 bits per heavy atom. The van der Waals surface area contributed by atoms with Gasteiger partial charge in [-0.2, -0.15) is 0 Å². The molecule has 2 amide bonds. The van der Waals surface area contributed by atoms with Gasteiger partial charge in [-0.05, 0) is 62.1 Å². The lowest BCUT2D eigenvalue weighted by Crippen LogP contribution is -2.48. The lowest BCUT2D eigenvalue weighted by molar-refractivity contribution is 0.197. The van der Waals surface area contributed by atoms with Gasteiger partial charge in [0.2, 0.25) is 0 Å². The zero-order valence-electron chi connectivity index (χ0n) is 18.9. The molecule has 4 rings (SSSR count).